The summed E-state index contributed by atoms with van der Waals surface area (Å²) in [6.45, 7) is 5.97. The Morgan fingerprint density at radius 1 is 1.05 bits per heavy atom. The van der Waals surface area contributed by atoms with Crippen molar-refractivity contribution >= 4 is 22.8 Å². The van der Waals surface area contributed by atoms with Gasteiger partial charge in [-0.2, -0.15) is 10.1 Å². The van der Waals surface area contributed by atoms with Crippen LogP contribution in [0.1, 0.15) is 15.9 Å². The zero-order valence-electron chi connectivity index (χ0n) is 23.4. The Morgan fingerprint density at radius 3 is 2.66 bits per heavy atom. The number of ether oxygens (including phenoxy) is 1. The molecule has 11 nitrogen and oxygen atoms in total. The largest absolute Gasteiger partial charge is 0.449 e. The number of hydrogen-bond donors (Lipinski definition) is 1. The number of aromatic nitrogens is 5. The van der Waals surface area contributed by atoms with Crippen LogP contribution in [0.15, 0.2) is 65.5 Å². The molecule has 41 heavy (non-hydrogen) atoms. The Morgan fingerprint density at radius 2 is 1.90 bits per heavy atom. The number of aryl methyl sites for hydroxylation is 1. The zero-order valence-corrected chi connectivity index (χ0v) is 23.4. The number of likely N-dealkylation sites (N-methyl/N-ethyl adjacent to an activating group) is 1. The van der Waals surface area contributed by atoms with E-state index < -0.39 is 0 Å². The number of carbonyl (C=O) groups excluding carboxylic acids is 1. The van der Waals surface area contributed by atoms with Gasteiger partial charge in [-0.05, 0) is 38.7 Å². The maximum atomic E-state index is 12.5. The van der Waals surface area contributed by atoms with Gasteiger partial charge in [0.05, 0.1) is 25.0 Å². The molecule has 0 saturated carbocycles. The molecule has 11 heteroatoms. The highest BCUT2D eigenvalue weighted by molar-refractivity contribution is 5.94. The molecule has 0 atom stereocenters. The highest BCUT2D eigenvalue weighted by atomic mass is 16.5. The number of pyridine rings is 1. The Kier molecular flexibility index (Phi) is 7.45. The number of fused-ring (bicyclic) bond motifs is 1. The normalized spacial score (nSPS) is 13.7. The number of nitrogens with one attached hydrogen (secondary N) is 1. The fourth-order valence-corrected chi connectivity index (χ4v) is 4.70. The van der Waals surface area contributed by atoms with E-state index in [2.05, 4.69) is 45.4 Å². The Bertz CT molecular complexity index is 1670. The third kappa shape index (κ3) is 5.81. The molecule has 0 radical (unpaired) electrons. The fourth-order valence-electron chi connectivity index (χ4n) is 4.70. The van der Waals surface area contributed by atoms with Gasteiger partial charge < -0.3 is 24.3 Å². The number of amides is 1. The maximum Gasteiger partial charge on any atom is 0.253 e. The molecule has 1 N–H and O–H groups in total. The van der Waals surface area contributed by atoms with Gasteiger partial charge in [-0.25, -0.2) is 9.67 Å². The van der Waals surface area contributed by atoms with Crippen molar-refractivity contribution in [1.82, 2.24) is 34.9 Å². The third-order valence-electron chi connectivity index (χ3n) is 6.91. The molecular formula is C30H32N8O3. The van der Waals surface area contributed by atoms with E-state index in [1.165, 1.54) is 5.56 Å². The van der Waals surface area contributed by atoms with Crippen molar-refractivity contribution in [1.29, 1.82) is 0 Å². The molecule has 1 saturated heterocycles. The summed E-state index contributed by atoms with van der Waals surface area (Å²) < 4.78 is 13.6. The summed E-state index contributed by atoms with van der Waals surface area (Å²) in [5.74, 6) is 1.51. The molecule has 0 aliphatic carbocycles. The molecule has 6 rings (SSSR count). The lowest BCUT2D eigenvalue weighted by atomic mass is 10.1. The van der Waals surface area contributed by atoms with Crippen LogP contribution in [0.25, 0.3) is 39.6 Å². The highest BCUT2D eigenvalue weighted by Crippen LogP contribution is 2.33. The molecule has 0 spiro atoms. The van der Waals surface area contributed by atoms with Gasteiger partial charge in [0, 0.05) is 50.2 Å². The SMILES string of the molecule is Cc1cccc(-c2cnn(-c3nc(N4CCOCC4)c4oc(-c5ccc(C(=O)NCCN(C)C)cn5)cc4n3)c2)c1. The summed E-state index contributed by atoms with van der Waals surface area (Å²) in [5.41, 5.74) is 5.55. The quantitative estimate of drug-likeness (QED) is 0.309. The van der Waals surface area contributed by atoms with Crippen LogP contribution in [-0.4, -0.2) is 89.0 Å². The van der Waals surface area contributed by atoms with Crippen molar-refractivity contribution in [3.63, 3.8) is 0 Å². The molecule has 1 aromatic carbocycles. The number of nitrogens with zero attached hydrogens (tertiary/aromatic N) is 7. The molecule has 5 aromatic rings. The van der Waals surface area contributed by atoms with Crippen LogP contribution in [0.5, 0.6) is 0 Å². The van der Waals surface area contributed by atoms with Crippen molar-refractivity contribution in [2.24, 2.45) is 0 Å². The molecule has 1 fully saturated rings. The second kappa shape index (κ2) is 11.5. The van der Waals surface area contributed by atoms with E-state index in [9.17, 15) is 4.79 Å². The van der Waals surface area contributed by atoms with Crippen molar-refractivity contribution in [2.45, 2.75) is 6.92 Å². The second-order valence-electron chi connectivity index (χ2n) is 10.3. The number of furan rings is 1. The van der Waals surface area contributed by atoms with Crippen LogP contribution in [0.3, 0.4) is 0 Å². The lowest BCUT2D eigenvalue weighted by Crippen LogP contribution is -2.37. The first-order valence-corrected chi connectivity index (χ1v) is 13.6. The molecule has 1 amide bonds. The Balaban J connectivity index is 1.33. The predicted molar refractivity (Wildman–Crippen MR) is 156 cm³/mol. The lowest BCUT2D eigenvalue weighted by Gasteiger charge is -2.27. The average Bonchev–Trinajstić information content (AvgIpc) is 3.65. The van der Waals surface area contributed by atoms with Crippen molar-refractivity contribution in [3.8, 4) is 28.5 Å². The van der Waals surface area contributed by atoms with Crippen LogP contribution >= 0.6 is 0 Å². The van der Waals surface area contributed by atoms with Gasteiger partial charge in [0.1, 0.15) is 11.2 Å². The summed E-state index contributed by atoms with van der Waals surface area (Å²) in [4.78, 5) is 30.8. The van der Waals surface area contributed by atoms with Crippen LogP contribution in [0.4, 0.5) is 5.82 Å². The van der Waals surface area contributed by atoms with E-state index in [-0.39, 0.29) is 5.91 Å². The number of benzene rings is 1. The monoisotopic (exact) mass is 552 g/mol. The molecular weight excluding hydrogens is 520 g/mol. The first kappa shape index (κ1) is 26.6. The highest BCUT2D eigenvalue weighted by Gasteiger charge is 2.23. The number of anilines is 1. The summed E-state index contributed by atoms with van der Waals surface area (Å²) in [6.07, 6.45) is 5.31. The van der Waals surface area contributed by atoms with E-state index >= 15 is 0 Å². The molecule has 0 unspecified atom stereocenters. The smallest absolute Gasteiger partial charge is 0.253 e. The zero-order chi connectivity index (χ0) is 28.3. The fraction of sp³-hybridized carbons (Fsp3) is 0.300. The molecule has 1 aliphatic heterocycles. The van der Waals surface area contributed by atoms with Crippen LogP contribution in [0.2, 0.25) is 0 Å². The Hall–Kier alpha value is -4.61. The van der Waals surface area contributed by atoms with Crippen molar-refractivity contribution in [3.05, 3.63) is 72.2 Å². The van der Waals surface area contributed by atoms with E-state index in [0.29, 0.717) is 72.7 Å². The third-order valence-corrected chi connectivity index (χ3v) is 6.91. The summed E-state index contributed by atoms with van der Waals surface area (Å²) in [7, 11) is 3.93. The number of hydrogen-bond acceptors (Lipinski definition) is 9. The minimum absolute atomic E-state index is 0.162. The van der Waals surface area contributed by atoms with Gasteiger partial charge in [0.15, 0.2) is 17.2 Å². The molecule has 0 bridgehead atoms. The van der Waals surface area contributed by atoms with Gasteiger partial charge in [0.2, 0.25) is 0 Å². The molecule has 1 aliphatic rings. The predicted octanol–water partition coefficient (Wildman–Crippen LogP) is 3.57. The average molecular weight is 553 g/mol. The molecule has 210 valence electrons. The molecule has 4 aromatic heterocycles. The van der Waals surface area contributed by atoms with Crippen molar-refractivity contribution in [2.75, 3.05) is 58.4 Å². The van der Waals surface area contributed by atoms with E-state index in [0.717, 1.165) is 17.7 Å². The minimum atomic E-state index is -0.162. The van der Waals surface area contributed by atoms with Gasteiger partial charge in [-0.1, -0.05) is 29.8 Å². The van der Waals surface area contributed by atoms with Crippen LogP contribution in [0, 0.1) is 6.92 Å². The van der Waals surface area contributed by atoms with Crippen LogP contribution in [-0.2, 0) is 4.74 Å². The number of morpholine rings is 1. The van der Waals surface area contributed by atoms with Gasteiger partial charge in [0.25, 0.3) is 11.9 Å². The summed E-state index contributed by atoms with van der Waals surface area (Å²) >= 11 is 0. The van der Waals surface area contributed by atoms with Gasteiger partial charge >= 0.3 is 0 Å². The van der Waals surface area contributed by atoms with Gasteiger partial charge in [-0.15, -0.1) is 0 Å². The number of carbonyl (C=O) groups is 1. The first-order valence-electron chi connectivity index (χ1n) is 13.6. The maximum absolute atomic E-state index is 12.5. The van der Waals surface area contributed by atoms with Crippen molar-refractivity contribution < 1.29 is 13.9 Å². The van der Waals surface area contributed by atoms with E-state index in [1.807, 2.05) is 43.5 Å². The Labute approximate surface area is 237 Å². The second-order valence-corrected chi connectivity index (χ2v) is 10.3. The molecule has 5 heterocycles. The first-order chi connectivity index (χ1) is 19.9. The summed E-state index contributed by atoms with van der Waals surface area (Å²) in [5, 5.41) is 7.48. The topological polar surface area (TPSA) is 114 Å². The standard InChI is InChI=1S/C30H32N8O3/c1-20-5-4-6-21(15-20)23-18-33-38(19-23)30-34-25-16-26(41-27(25)28(35-30)37-11-13-40-14-12-37)24-8-7-22(17-32-24)29(39)31-9-10-36(2)3/h4-8,15-19H,9-14H2,1-3H3,(H,31,39). The number of rotatable bonds is 8. The van der Waals surface area contributed by atoms with Crippen LogP contribution < -0.4 is 10.2 Å². The lowest BCUT2D eigenvalue weighted by molar-refractivity contribution is 0.0950. The van der Waals surface area contributed by atoms with Gasteiger partial charge in [-0.3, -0.25) is 9.78 Å². The summed E-state index contributed by atoms with van der Waals surface area (Å²) in [6, 6.07) is 13.7. The van der Waals surface area contributed by atoms with E-state index in [4.69, 9.17) is 19.1 Å². The van der Waals surface area contributed by atoms with E-state index in [1.54, 1.807) is 23.0 Å². The minimum Gasteiger partial charge on any atom is -0.449 e.